The Hall–Kier alpha value is 0.0500. The van der Waals surface area contributed by atoms with Crippen molar-refractivity contribution in [3.63, 3.8) is 0 Å². The van der Waals surface area contributed by atoms with E-state index in [0.29, 0.717) is 5.92 Å². The van der Waals surface area contributed by atoms with E-state index >= 15 is 0 Å². The summed E-state index contributed by atoms with van der Waals surface area (Å²) >= 11 is 0. The highest BCUT2D eigenvalue weighted by atomic mass is 35.7. The third-order valence-corrected chi connectivity index (χ3v) is 2.78. The standard InChI is InChI=1S/C7H13NO.ClHO4/c9-7-5-8-3-1-6(7)2-4-8;2-1(3,4)5/h6-7,9H,1-5H2;(H,2,3,4,5). The van der Waals surface area contributed by atoms with Crippen molar-refractivity contribution >= 4 is 0 Å². The number of nitrogens with one attached hydrogen (secondary N) is 1. The van der Waals surface area contributed by atoms with Gasteiger partial charge in [0.15, 0.2) is 0 Å². The van der Waals surface area contributed by atoms with Gasteiger partial charge in [-0.3, -0.25) is 0 Å². The number of fused-ring (bicyclic) bond motifs is 3. The maximum absolute atomic E-state index is 9.38. The van der Waals surface area contributed by atoms with Gasteiger partial charge in [0.05, 0.1) is 13.1 Å². The molecule has 0 saturated carbocycles. The van der Waals surface area contributed by atoms with Crippen molar-refractivity contribution in [2.75, 3.05) is 19.6 Å². The fourth-order valence-corrected chi connectivity index (χ4v) is 2.10. The maximum atomic E-state index is 9.38. The molecule has 0 aromatic carbocycles. The second-order valence-corrected chi connectivity index (χ2v) is 4.49. The fraction of sp³-hybridized carbons (Fsp3) is 1.00. The summed E-state index contributed by atoms with van der Waals surface area (Å²) in [4.78, 5) is 1.62. The minimum absolute atomic E-state index is 0.0301. The minimum Gasteiger partial charge on any atom is -0.387 e. The van der Waals surface area contributed by atoms with Gasteiger partial charge < -0.3 is 10.0 Å². The van der Waals surface area contributed by atoms with Crippen LogP contribution in [0, 0.1) is 16.2 Å². The minimum atomic E-state index is -4.94. The van der Waals surface area contributed by atoms with E-state index in [1.54, 1.807) is 4.90 Å². The Balaban J connectivity index is 0.000000171. The van der Waals surface area contributed by atoms with E-state index in [0.717, 1.165) is 6.54 Å². The lowest BCUT2D eigenvalue weighted by Crippen LogP contribution is -3.16. The van der Waals surface area contributed by atoms with Gasteiger partial charge in [-0.05, 0) is 0 Å². The molecular weight excluding hydrogens is 214 g/mol. The molecule has 3 aliphatic rings. The molecule has 84 valence electrons. The molecule has 14 heavy (non-hydrogen) atoms. The van der Waals surface area contributed by atoms with Crippen LogP contribution in [0.1, 0.15) is 12.8 Å². The summed E-state index contributed by atoms with van der Waals surface area (Å²) in [5, 5.41) is 9.38. The average Bonchev–Trinajstić information content (AvgIpc) is 2.02. The largest absolute Gasteiger partial charge is 0.387 e. The van der Waals surface area contributed by atoms with Gasteiger partial charge in [0, 0.05) is 18.8 Å². The molecule has 0 aromatic rings. The Morgan fingerprint density at radius 2 is 1.50 bits per heavy atom. The number of aliphatic hydroxyl groups excluding tert-OH is 1. The molecule has 1 unspecified atom stereocenters. The molecule has 0 radical (unpaired) electrons. The Kier molecular flexibility index (Phi) is 4.08. The van der Waals surface area contributed by atoms with E-state index in [1.807, 2.05) is 0 Å². The zero-order valence-electron chi connectivity index (χ0n) is 7.65. The van der Waals surface area contributed by atoms with Crippen molar-refractivity contribution in [1.29, 1.82) is 0 Å². The number of rotatable bonds is 0. The summed E-state index contributed by atoms with van der Waals surface area (Å²) in [6, 6.07) is 0. The molecule has 0 aliphatic carbocycles. The van der Waals surface area contributed by atoms with Crippen LogP contribution in [-0.4, -0.2) is 30.8 Å². The monoisotopic (exact) mass is 227 g/mol. The lowest BCUT2D eigenvalue weighted by Gasteiger charge is -2.39. The second-order valence-electron chi connectivity index (χ2n) is 3.74. The summed E-state index contributed by atoms with van der Waals surface area (Å²) in [5.41, 5.74) is 0. The fourth-order valence-electron chi connectivity index (χ4n) is 2.10. The van der Waals surface area contributed by atoms with Crippen molar-refractivity contribution in [2.24, 2.45) is 5.92 Å². The first kappa shape index (κ1) is 12.1. The normalized spacial score (nSPS) is 36.2. The first-order valence-corrected chi connectivity index (χ1v) is 5.73. The van der Waals surface area contributed by atoms with Gasteiger partial charge in [-0.1, -0.05) is 0 Å². The SMILES string of the molecule is OC1C[NH+]2CCC1CC2.[O-][Cl+3]([O-])([O-])[O-]. The van der Waals surface area contributed by atoms with Crippen LogP contribution in [0.5, 0.6) is 0 Å². The van der Waals surface area contributed by atoms with Crippen LogP contribution in [0.15, 0.2) is 0 Å². The van der Waals surface area contributed by atoms with Gasteiger partial charge in [-0.2, -0.15) is 0 Å². The van der Waals surface area contributed by atoms with Gasteiger partial charge in [0.1, 0.15) is 12.6 Å². The van der Waals surface area contributed by atoms with Gasteiger partial charge in [-0.25, -0.2) is 18.6 Å². The molecular formula is C7H14ClNO5. The van der Waals surface area contributed by atoms with Crippen molar-refractivity contribution in [3.8, 4) is 0 Å². The van der Waals surface area contributed by atoms with Crippen LogP contribution >= 0.6 is 0 Å². The Bertz CT molecular complexity index is 171. The molecule has 2 N–H and O–H groups in total. The average molecular weight is 228 g/mol. The molecule has 6 nitrogen and oxygen atoms in total. The Morgan fingerprint density at radius 1 is 1.07 bits per heavy atom. The zero-order valence-corrected chi connectivity index (χ0v) is 8.40. The van der Waals surface area contributed by atoms with Crippen molar-refractivity contribution in [3.05, 3.63) is 0 Å². The lowest BCUT2D eigenvalue weighted by molar-refractivity contribution is -2.00. The third-order valence-electron chi connectivity index (χ3n) is 2.78. The Morgan fingerprint density at radius 3 is 1.64 bits per heavy atom. The highest BCUT2D eigenvalue weighted by Gasteiger charge is 2.35. The highest BCUT2D eigenvalue weighted by Crippen LogP contribution is 2.17. The van der Waals surface area contributed by atoms with Gasteiger partial charge in [-0.15, -0.1) is 10.2 Å². The maximum Gasteiger partial charge on any atom is 0.106 e. The molecule has 2 bridgehead atoms. The van der Waals surface area contributed by atoms with E-state index in [-0.39, 0.29) is 6.10 Å². The number of halogens is 1. The van der Waals surface area contributed by atoms with Gasteiger partial charge in [0.2, 0.25) is 0 Å². The predicted molar refractivity (Wildman–Crippen MR) is 34.3 cm³/mol. The van der Waals surface area contributed by atoms with E-state index in [4.69, 9.17) is 18.6 Å². The smallest absolute Gasteiger partial charge is 0.106 e. The molecule has 0 spiro atoms. The summed E-state index contributed by atoms with van der Waals surface area (Å²) in [5.74, 6) is 0.655. The molecule has 3 heterocycles. The molecule has 0 aromatic heterocycles. The first-order valence-electron chi connectivity index (χ1n) is 4.49. The molecule has 7 heteroatoms. The van der Waals surface area contributed by atoms with Crippen molar-refractivity contribution in [2.45, 2.75) is 18.9 Å². The molecule has 3 fully saturated rings. The quantitative estimate of drug-likeness (QED) is 0.427. The van der Waals surface area contributed by atoms with Crippen LogP contribution in [0.25, 0.3) is 0 Å². The summed E-state index contributed by atoms with van der Waals surface area (Å²) in [6.07, 6.45) is 2.55. The van der Waals surface area contributed by atoms with E-state index in [2.05, 4.69) is 0 Å². The number of quaternary nitrogens is 1. The number of aliphatic hydroxyl groups is 1. The van der Waals surface area contributed by atoms with Crippen LogP contribution in [0.2, 0.25) is 0 Å². The molecule has 1 atom stereocenters. The third kappa shape index (κ3) is 4.52. The first-order chi connectivity index (χ1) is 6.36. The van der Waals surface area contributed by atoms with Crippen LogP contribution in [0.4, 0.5) is 0 Å². The number of hydrogen-bond donors (Lipinski definition) is 2. The topological polar surface area (TPSA) is 117 Å². The van der Waals surface area contributed by atoms with Crippen LogP contribution < -0.4 is 23.5 Å². The summed E-state index contributed by atoms with van der Waals surface area (Å²) < 4.78 is 34.0. The van der Waals surface area contributed by atoms with Crippen molar-refractivity contribution in [1.82, 2.24) is 0 Å². The summed E-state index contributed by atoms with van der Waals surface area (Å²) in [6.45, 7) is 3.63. The van der Waals surface area contributed by atoms with Crippen molar-refractivity contribution < 1.29 is 38.9 Å². The number of hydrogen-bond acceptors (Lipinski definition) is 5. The molecule has 3 aliphatic heterocycles. The lowest BCUT2D eigenvalue weighted by atomic mass is 9.86. The van der Waals surface area contributed by atoms with Crippen LogP contribution in [0.3, 0.4) is 0 Å². The number of piperidine rings is 3. The summed E-state index contributed by atoms with van der Waals surface area (Å²) in [7, 11) is -4.94. The molecule has 0 amide bonds. The van der Waals surface area contributed by atoms with Crippen LogP contribution in [-0.2, 0) is 0 Å². The molecule has 3 saturated heterocycles. The molecule has 3 rings (SSSR count). The van der Waals surface area contributed by atoms with E-state index in [1.165, 1.54) is 25.9 Å². The van der Waals surface area contributed by atoms with Gasteiger partial charge >= 0.3 is 0 Å². The predicted octanol–water partition coefficient (Wildman–Crippen LogP) is -6.10. The Labute approximate surface area is 84.1 Å². The highest BCUT2D eigenvalue weighted by molar-refractivity contribution is 4.74. The zero-order chi connectivity index (χ0) is 10.8. The van der Waals surface area contributed by atoms with E-state index in [9.17, 15) is 5.11 Å². The van der Waals surface area contributed by atoms with E-state index < -0.39 is 10.2 Å². The second kappa shape index (κ2) is 4.71. The van der Waals surface area contributed by atoms with Gasteiger partial charge in [0.25, 0.3) is 0 Å².